The molecule has 2 aromatic carbocycles. The molecule has 156 valence electrons. The van der Waals surface area contributed by atoms with Gasteiger partial charge in [-0.25, -0.2) is 4.98 Å². The number of aryl methyl sites for hydroxylation is 1. The van der Waals surface area contributed by atoms with Crippen LogP contribution in [-0.2, 0) is 0 Å². The Morgan fingerprint density at radius 2 is 1.73 bits per heavy atom. The molecule has 0 aliphatic carbocycles. The molecule has 4 N–H and O–H groups in total. The summed E-state index contributed by atoms with van der Waals surface area (Å²) < 4.78 is 0. The number of nitrogens with one attached hydrogen (secondary N) is 2. The van der Waals surface area contributed by atoms with E-state index in [-0.39, 0.29) is 0 Å². The van der Waals surface area contributed by atoms with E-state index in [4.69, 9.17) is 5.14 Å². The molecule has 0 radical (unpaired) electrons. The Labute approximate surface area is 181 Å². The Kier molecular flexibility index (Phi) is 6.37. The summed E-state index contributed by atoms with van der Waals surface area (Å²) in [6.45, 7) is 6.30. The van der Waals surface area contributed by atoms with Crippen LogP contribution >= 0.6 is 11.9 Å². The Morgan fingerprint density at radius 1 is 0.967 bits per heavy atom. The molecule has 30 heavy (non-hydrogen) atoms. The number of rotatable bonds is 6. The molecule has 1 fully saturated rings. The summed E-state index contributed by atoms with van der Waals surface area (Å²) in [4.78, 5) is 14.8. The van der Waals surface area contributed by atoms with Crippen LogP contribution in [0.3, 0.4) is 0 Å². The van der Waals surface area contributed by atoms with Crippen molar-refractivity contribution < 1.29 is 0 Å². The Bertz CT molecular complexity index is 985. The van der Waals surface area contributed by atoms with E-state index in [0.29, 0.717) is 5.95 Å². The molecule has 3 aromatic rings. The summed E-state index contributed by atoms with van der Waals surface area (Å²) in [6.07, 6.45) is 1.82. The lowest BCUT2D eigenvalue weighted by Crippen LogP contribution is -2.44. The number of aromatic nitrogens is 2. The zero-order chi connectivity index (χ0) is 20.9. The second-order valence-corrected chi connectivity index (χ2v) is 8.17. The van der Waals surface area contributed by atoms with Gasteiger partial charge in [-0.2, -0.15) is 4.98 Å². The largest absolute Gasteiger partial charge is 0.369 e. The van der Waals surface area contributed by atoms with Gasteiger partial charge in [0.1, 0.15) is 5.82 Å². The molecule has 1 aromatic heterocycles. The van der Waals surface area contributed by atoms with Crippen molar-refractivity contribution in [2.24, 2.45) is 5.14 Å². The number of nitrogens with zero attached hydrogens (tertiary/aromatic N) is 4. The minimum Gasteiger partial charge on any atom is -0.369 e. The van der Waals surface area contributed by atoms with Crippen molar-refractivity contribution in [1.29, 1.82) is 0 Å². The van der Waals surface area contributed by atoms with Crippen LogP contribution in [0, 0.1) is 6.92 Å². The van der Waals surface area contributed by atoms with E-state index in [1.54, 1.807) is 0 Å². The van der Waals surface area contributed by atoms with Gasteiger partial charge in [0.2, 0.25) is 5.95 Å². The van der Waals surface area contributed by atoms with Gasteiger partial charge in [0.15, 0.2) is 0 Å². The molecular formula is C22H27N7S. The molecule has 0 spiro atoms. The van der Waals surface area contributed by atoms with Gasteiger partial charge in [0, 0.05) is 59.9 Å². The predicted octanol–water partition coefficient (Wildman–Crippen LogP) is 3.99. The van der Waals surface area contributed by atoms with Crippen LogP contribution in [0.1, 0.15) is 5.56 Å². The van der Waals surface area contributed by atoms with Crippen molar-refractivity contribution in [1.82, 2.24) is 14.9 Å². The molecular weight excluding hydrogens is 394 g/mol. The van der Waals surface area contributed by atoms with Gasteiger partial charge in [-0.3, -0.25) is 5.14 Å². The minimum atomic E-state index is 0.555. The van der Waals surface area contributed by atoms with Crippen LogP contribution < -0.4 is 20.7 Å². The summed E-state index contributed by atoms with van der Waals surface area (Å²) in [6, 6.07) is 16.4. The standard InChI is InChI=1S/C22H27N7S/c1-16-15-24-22(27-21(16)25-18-4-3-5-20(14-18)30-23)26-17-6-8-19(9-7-17)29-12-10-28(2)11-13-29/h3-9,14-15H,10-13,23H2,1-2H3,(H2,24,25,26,27). The maximum atomic E-state index is 5.66. The summed E-state index contributed by atoms with van der Waals surface area (Å²) in [5.41, 5.74) is 4.12. The highest BCUT2D eigenvalue weighted by Gasteiger charge is 2.14. The van der Waals surface area contributed by atoms with Crippen LogP contribution in [0.2, 0.25) is 0 Å². The van der Waals surface area contributed by atoms with Crippen LogP contribution in [-0.4, -0.2) is 48.1 Å². The molecule has 0 atom stereocenters. The predicted molar refractivity (Wildman–Crippen MR) is 126 cm³/mol. The first kappa shape index (κ1) is 20.5. The lowest BCUT2D eigenvalue weighted by molar-refractivity contribution is 0.313. The second kappa shape index (κ2) is 9.34. The van der Waals surface area contributed by atoms with Crippen molar-refractivity contribution in [3.63, 3.8) is 0 Å². The van der Waals surface area contributed by atoms with Crippen LogP contribution in [0.25, 0.3) is 0 Å². The Morgan fingerprint density at radius 3 is 2.47 bits per heavy atom. The molecule has 0 unspecified atom stereocenters. The van der Waals surface area contributed by atoms with Crippen molar-refractivity contribution in [3.8, 4) is 0 Å². The van der Waals surface area contributed by atoms with Crippen LogP contribution in [0.4, 0.5) is 28.8 Å². The first-order valence-electron chi connectivity index (χ1n) is 9.99. The molecule has 0 amide bonds. The number of piperazine rings is 1. The third-order valence-corrected chi connectivity index (χ3v) is 5.72. The zero-order valence-corrected chi connectivity index (χ0v) is 18.1. The van der Waals surface area contributed by atoms with Gasteiger partial charge in [-0.1, -0.05) is 6.07 Å². The third-order valence-electron chi connectivity index (χ3n) is 5.20. The molecule has 7 nitrogen and oxygen atoms in total. The fourth-order valence-corrected chi connectivity index (χ4v) is 3.71. The van der Waals surface area contributed by atoms with E-state index >= 15 is 0 Å². The monoisotopic (exact) mass is 421 g/mol. The summed E-state index contributed by atoms with van der Waals surface area (Å²) in [7, 11) is 2.17. The Balaban J connectivity index is 1.45. The number of hydrogen-bond acceptors (Lipinski definition) is 8. The number of hydrogen-bond donors (Lipinski definition) is 3. The highest BCUT2D eigenvalue weighted by Crippen LogP contribution is 2.24. The average Bonchev–Trinajstić information content (AvgIpc) is 2.77. The van der Waals surface area contributed by atoms with Gasteiger partial charge in [-0.15, -0.1) is 0 Å². The second-order valence-electron chi connectivity index (χ2n) is 7.46. The van der Waals surface area contributed by atoms with Gasteiger partial charge in [0.05, 0.1) is 0 Å². The molecule has 1 aliphatic heterocycles. The van der Waals surface area contributed by atoms with E-state index in [2.05, 4.69) is 61.7 Å². The zero-order valence-electron chi connectivity index (χ0n) is 17.3. The lowest BCUT2D eigenvalue weighted by atomic mass is 10.2. The lowest BCUT2D eigenvalue weighted by Gasteiger charge is -2.34. The maximum Gasteiger partial charge on any atom is 0.229 e. The minimum absolute atomic E-state index is 0.555. The summed E-state index contributed by atoms with van der Waals surface area (Å²) in [5.74, 6) is 1.32. The van der Waals surface area contributed by atoms with E-state index in [1.807, 2.05) is 37.4 Å². The Hall–Kier alpha value is -2.81. The highest BCUT2D eigenvalue weighted by atomic mass is 32.2. The van der Waals surface area contributed by atoms with E-state index in [9.17, 15) is 0 Å². The maximum absolute atomic E-state index is 5.66. The van der Waals surface area contributed by atoms with Crippen molar-refractivity contribution in [2.45, 2.75) is 11.8 Å². The molecule has 0 bridgehead atoms. The van der Waals surface area contributed by atoms with E-state index < -0.39 is 0 Å². The van der Waals surface area contributed by atoms with Gasteiger partial charge in [-0.05, 0) is 68.4 Å². The van der Waals surface area contributed by atoms with E-state index in [1.165, 1.54) is 17.6 Å². The van der Waals surface area contributed by atoms with Gasteiger partial charge < -0.3 is 20.4 Å². The molecule has 2 heterocycles. The summed E-state index contributed by atoms with van der Waals surface area (Å²) in [5, 5.41) is 12.3. The topological polar surface area (TPSA) is 82.3 Å². The molecule has 1 saturated heterocycles. The summed E-state index contributed by atoms with van der Waals surface area (Å²) >= 11 is 1.22. The highest BCUT2D eigenvalue weighted by molar-refractivity contribution is 7.97. The number of nitrogens with two attached hydrogens (primary N) is 1. The van der Waals surface area contributed by atoms with Crippen molar-refractivity contribution in [3.05, 3.63) is 60.3 Å². The van der Waals surface area contributed by atoms with Crippen LogP contribution in [0.15, 0.2) is 59.6 Å². The first-order chi connectivity index (χ1) is 14.6. The SMILES string of the molecule is Cc1cnc(Nc2ccc(N3CCN(C)CC3)cc2)nc1Nc1cccc(SN)c1. The van der Waals surface area contributed by atoms with Crippen molar-refractivity contribution >= 4 is 40.8 Å². The smallest absolute Gasteiger partial charge is 0.229 e. The number of anilines is 5. The molecule has 4 rings (SSSR count). The van der Waals surface area contributed by atoms with Gasteiger partial charge >= 0.3 is 0 Å². The third kappa shape index (κ3) is 5.02. The number of benzene rings is 2. The first-order valence-corrected chi connectivity index (χ1v) is 10.9. The van der Waals surface area contributed by atoms with Crippen molar-refractivity contribution in [2.75, 3.05) is 48.8 Å². The normalized spacial score (nSPS) is 14.6. The quantitative estimate of drug-likeness (QED) is 0.516. The number of likely N-dealkylation sites (N-methyl/N-ethyl adjacent to an activating group) is 1. The fraction of sp³-hybridized carbons (Fsp3) is 0.273. The molecule has 0 saturated carbocycles. The van der Waals surface area contributed by atoms with E-state index in [0.717, 1.165) is 53.8 Å². The van der Waals surface area contributed by atoms with Crippen LogP contribution in [0.5, 0.6) is 0 Å². The molecule has 8 heteroatoms. The molecule has 1 aliphatic rings. The van der Waals surface area contributed by atoms with Gasteiger partial charge in [0.25, 0.3) is 0 Å². The average molecular weight is 422 g/mol. The fourth-order valence-electron chi connectivity index (χ4n) is 3.36.